The van der Waals surface area contributed by atoms with Crippen molar-refractivity contribution in [3.8, 4) is 0 Å². The minimum Gasteiger partial charge on any atom is -0.271 e. The first-order chi connectivity index (χ1) is 8.20. The van der Waals surface area contributed by atoms with E-state index in [4.69, 9.17) is 17.4 Å². The van der Waals surface area contributed by atoms with Crippen LogP contribution in [0, 0.1) is 11.8 Å². The summed E-state index contributed by atoms with van der Waals surface area (Å²) in [6, 6.07) is 3.99. The van der Waals surface area contributed by atoms with Crippen LogP contribution >= 0.6 is 11.6 Å². The number of nitrogens with zero attached hydrogens (tertiary/aromatic N) is 1. The lowest BCUT2D eigenvalue weighted by Gasteiger charge is -2.32. The molecule has 3 N–H and O–H groups in total. The summed E-state index contributed by atoms with van der Waals surface area (Å²) in [5.74, 6) is 7.07. The highest BCUT2D eigenvalue weighted by molar-refractivity contribution is 6.30. The molecular formula is C13H20ClN3. The zero-order chi connectivity index (χ0) is 12.3. The van der Waals surface area contributed by atoms with Gasteiger partial charge in [0.15, 0.2) is 0 Å². The smallest absolute Gasteiger partial charge is 0.0660 e. The molecule has 1 heterocycles. The second-order valence-corrected chi connectivity index (χ2v) is 5.51. The molecule has 1 aliphatic rings. The summed E-state index contributed by atoms with van der Waals surface area (Å²) >= 11 is 5.85. The van der Waals surface area contributed by atoms with E-state index < -0.39 is 0 Å². The molecule has 0 amide bonds. The minimum atomic E-state index is 0.148. The van der Waals surface area contributed by atoms with E-state index in [1.807, 2.05) is 12.1 Å². The van der Waals surface area contributed by atoms with Crippen molar-refractivity contribution >= 4 is 11.6 Å². The third kappa shape index (κ3) is 3.18. The molecule has 2 rings (SSSR count). The normalized spacial score (nSPS) is 26.8. The summed E-state index contributed by atoms with van der Waals surface area (Å²) in [7, 11) is 0. The first-order valence-corrected chi connectivity index (χ1v) is 6.66. The Morgan fingerprint density at radius 2 is 2.29 bits per heavy atom. The molecule has 94 valence electrons. The molecule has 0 saturated heterocycles. The Morgan fingerprint density at radius 3 is 2.88 bits per heavy atom. The SMILES string of the molecule is CC1CCCC(C(NN)c2ccc(Cl)cn2)C1. The summed E-state index contributed by atoms with van der Waals surface area (Å²) in [4.78, 5) is 4.38. The van der Waals surface area contributed by atoms with Gasteiger partial charge in [-0.05, 0) is 36.8 Å². The Bertz CT molecular complexity index is 352. The van der Waals surface area contributed by atoms with Crippen molar-refractivity contribution < 1.29 is 0 Å². The lowest BCUT2D eigenvalue weighted by atomic mass is 9.78. The van der Waals surface area contributed by atoms with Crippen molar-refractivity contribution in [2.75, 3.05) is 0 Å². The standard InChI is InChI=1S/C13H20ClN3/c1-9-3-2-4-10(7-9)13(17-15)12-6-5-11(14)8-16-12/h5-6,8-10,13,17H,2-4,7,15H2,1H3. The van der Waals surface area contributed by atoms with Gasteiger partial charge in [-0.1, -0.05) is 31.4 Å². The van der Waals surface area contributed by atoms with Crippen LogP contribution in [0.4, 0.5) is 0 Å². The van der Waals surface area contributed by atoms with E-state index in [0.717, 1.165) is 11.6 Å². The Kier molecular flexibility index (Phi) is 4.37. The molecule has 1 aromatic heterocycles. The van der Waals surface area contributed by atoms with Gasteiger partial charge in [0.1, 0.15) is 0 Å². The lowest BCUT2D eigenvalue weighted by Crippen LogP contribution is -2.36. The molecule has 0 aromatic carbocycles. The van der Waals surface area contributed by atoms with E-state index in [1.54, 1.807) is 6.20 Å². The van der Waals surface area contributed by atoms with E-state index >= 15 is 0 Å². The molecule has 17 heavy (non-hydrogen) atoms. The number of nitrogens with two attached hydrogens (primary N) is 1. The van der Waals surface area contributed by atoms with Crippen LogP contribution in [0.25, 0.3) is 0 Å². The van der Waals surface area contributed by atoms with Crippen molar-refractivity contribution in [3.05, 3.63) is 29.0 Å². The zero-order valence-electron chi connectivity index (χ0n) is 10.2. The Hall–Kier alpha value is -0.640. The van der Waals surface area contributed by atoms with Gasteiger partial charge >= 0.3 is 0 Å². The summed E-state index contributed by atoms with van der Waals surface area (Å²) < 4.78 is 0. The number of hydrogen-bond donors (Lipinski definition) is 2. The van der Waals surface area contributed by atoms with Gasteiger partial charge in [-0.15, -0.1) is 0 Å². The average molecular weight is 254 g/mol. The highest BCUT2D eigenvalue weighted by atomic mass is 35.5. The largest absolute Gasteiger partial charge is 0.271 e. The van der Waals surface area contributed by atoms with Gasteiger partial charge in [0.05, 0.1) is 16.8 Å². The van der Waals surface area contributed by atoms with Crippen LogP contribution in [0.5, 0.6) is 0 Å². The summed E-state index contributed by atoms with van der Waals surface area (Å²) in [5.41, 5.74) is 3.92. The van der Waals surface area contributed by atoms with E-state index in [-0.39, 0.29) is 6.04 Å². The molecule has 3 unspecified atom stereocenters. The number of rotatable bonds is 3. The van der Waals surface area contributed by atoms with Gasteiger partial charge < -0.3 is 0 Å². The van der Waals surface area contributed by atoms with Gasteiger partial charge in [0.25, 0.3) is 0 Å². The van der Waals surface area contributed by atoms with E-state index in [9.17, 15) is 0 Å². The van der Waals surface area contributed by atoms with Crippen LogP contribution in [-0.4, -0.2) is 4.98 Å². The third-order valence-corrected chi connectivity index (χ3v) is 3.92. The van der Waals surface area contributed by atoms with Crippen molar-refractivity contribution in [3.63, 3.8) is 0 Å². The van der Waals surface area contributed by atoms with Crippen LogP contribution < -0.4 is 11.3 Å². The topological polar surface area (TPSA) is 50.9 Å². The van der Waals surface area contributed by atoms with E-state index in [1.165, 1.54) is 25.7 Å². The van der Waals surface area contributed by atoms with Gasteiger partial charge in [-0.25, -0.2) is 0 Å². The molecule has 1 aliphatic carbocycles. The van der Waals surface area contributed by atoms with Gasteiger partial charge in [0.2, 0.25) is 0 Å². The summed E-state index contributed by atoms with van der Waals surface area (Å²) in [6.45, 7) is 2.31. The number of pyridine rings is 1. The second-order valence-electron chi connectivity index (χ2n) is 5.08. The highest BCUT2D eigenvalue weighted by Crippen LogP contribution is 2.36. The van der Waals surface area contributed by atoms with Crippen LogP contribution in [0.3, 0.4) is 0 Å². The van der Waals surface area contributed by atoms with E-state index in [2.05, 4.69) is 17.3 Å². The molecule has 0 bridgehead atoms. The fourth-order valence-corrected chi connectivity index (χ4v) is 2.93. The Balaban J connectivity index is 2.12. The molecule has 4 heteroatoms. The highest BCUT2D eigenvalue weighted by Gasteiger charge is 2.27. The predicted octanol–water partition coefficient (Wildman–Crippen LogP) is 3.07. The minimum absolute atomic E-state index is 0.148. The average Bonchev–Trinajstić information content (AvgIpc) is 2.33. The number of aromatic nitrogens is 1. The maximum Gasteiger partial charge on any atom is 0.0660 e. The zero-order valence-corrected chi connectivity index (χ0v) is 11.0. The number of hydrazine groups is 1. The van der Waals surface area contributed by atoms with Gasteiger partial charge in [-0.2, -0.15) is 0 Å². The maximum atomic E-state index is 5.85. The van der Waals surface area contributed by atoms with Crippen molar-refractivity contribution in [1.82, 2.24) is 10.4 Å². The lowest BCUT2D eigenvalue weighted by molar-refractivity contribution is 0.222. The van der Waals surface area contributed by atoms with Crippen LogP contribution in [0.1, 0.15) is 44.3 Å². The molecule has 0 spiro atoms. The first kappa shape index (κ1) is 12.8. The quantitative estimate of drug-likeness (QED) is 0.643. The molecule has 1 fully saturated rings. The predicted molar refractivity (Wildman–Crippen MR) is 70.4 cm³/mol. The van der Waals surface area contributed by atoms with E-state index in [0.29, 0.717) is 10.9 Å². The molecule has 0 aliphatic heterocycles. The van der Waals surface area contributed by atoms with Crippen LogP contribution in [0.2, 0.25) is 5.02 Å². The van der Waals surface area contributed by atoms with Gasteiger partial charge in [0, 0.05) is 6.20 Å². The Morgan fingerprint density at radius 1 is 1.47 bits per heavy atom. The summed E-state index contributed by atoms with van der Waals surface area (Å²) in [5, 5.41) is 0.668. The first-order valence-electron chi connectivity index (χ1n) is 6.28. The van der Waals surface area contributed by atoms with Crippen molar-refractivity contribution in [1.29, 1.82) is 0 Å². The number of hydrogen-bond acceptors (Lipinski definition) is 3. The van der Waals surface area contributed by atoms with Crippen LogP contribution in [-0.2, 0) is 0 Å². The fraction of sp³-hybridized carbons (Fsp3) is 0.615. The maximum absolute atomic E-state index is 5.85. The summed E-state index contributed by atoms with van der Waals surface area (Å²) in [6.07, 6.45) is 6.76. The monoisotopic (exact) mass is 253 g/mol. The molecule has 1 saturated carbocycles. The second kappa shape index (κ2) is 5.80. The molecule has 0 radical (unpaired) electrons. The molecule has 3 atom stereocenters. The molecule has 3 nitrogen and oxygen atoms in total. The van der Waals surface area contributed by atoms with Crippen molar-refractivity contribution in [2.45, 2.75) is 38.6 Å². The third-order valence-electron chi connectivity index (χ3n) is 3.70. The molecule has 1 aromatic rings. The van der Waals surface area contributed by atoms with Crippen molar-refractivity contribution in [2.24, 2.45) is 17.7 Å². The fourth-order valence-electron chi connectivity index (χ4n) is 2.82. The molecular weight excluding hydrogens is 234 g/mol. The van der Waals surface area contributed by atoms with Crippen LogP contribution in [0.15, 0.2) is 18.3 Å². The Labute approximate surface area is 108 Å². The number of halogens is 1. The van der Waals surface area contributed by atoms with Gasteiger partial charge in [-0.3, -0.25) is 16.3 Å². The number of nitrogens with one attached hydrogen (secondary N) is 1.